The minimum Gasteiger partial charge on any atom is -0.321 e. The minimum atomic E-state index is -3.62. The van der Waals surface area contributed by atoms with E-state index in [1.807, 2.05) is 48.5 Å². The van der Waals surface area contributed by atoms with Crippen molar-refractivity contribution >= 4 is 45.0 Å². The number of anilines is 1. The molecule has 2 N–H and O–H groups in total. The average molecular weight is 447 g/mol. The van der Waals surface area contributed by atoms with E-state index in [4.69, 9.17) is 11.6 Å². The lowest BCUT2D eigenvalue weighted by Crippen LogP contribution is -2.19. The first-order valence-electron chi connectivity index (χ1n) is 8.70. The van der Waals surface area contributed by atoms with Crippen LogP contribution in [0.25, 0.3) is 0 Å². The SMILES string of the molecule is CNS(=O)(=O)c1cccc(C(=O)Nc2ccccc2SCc2ccc(Cl)cc2)c1. The van der Waals surface area contributed by atoms with Crippen LogP contribution in [0.5, 0.6) is 0 Å². The van der Waals surface area contributed by atoms with Crippen molar-refractivity contribution in [3.8, 4) is 0 Å². The van der Waals surface area contributed by atoms with Crippen LogP contribution in [0.3, 0.4) is 0 Å². The molecule has 0 aromatic heterocycles. The number of halogens is 1. The van der Waals surface area contributed by atoms with Gasteiger partial charge in [0.25, 0.3) is 5.91 Å². The molecule has 0 unspecified atom stereocenters. The molecule has 0 aliphatic carbocycles. The van der Waals surface area contributed by atoms with E-state index in [9.17, 15) is 13.2 Å². The van der Waals surface area contributed by atoms with Crippen molar-refractivity contribution in [3.63, 3.8) is 0 Å². The van der Waals surface area contributed by atoms with Crippen LogP contribution in [0.15, 0.2) is 82.6 Å². The second-order valence-electron chi connectivity index (χ2n) is 6.10. The number of para-hydroxylation sites is 1. The van der Waals surface area contributed by atoms with E-state index >= 15 is 0 Å². The zero-order chi connectivity index (χ0) is 20.9. The first-order valence-corrected chi connectivity index (χ1v) is 11.5. The molecule has 8 heteroatoms. The monoisotopic (exact) mass is 446 g/mol. The Morgan fingerprint density at radius 3 is 2.45 bits per heavy atom. The Bertz CT molecular complexity index is 1120. The fourth-order valence-electron chi connectivity index (χ4n) is 2.55. The second kappa shape index (κ2) is 9.45. The van der Waals surface area contributed by atoms with Gasteiger partial charge in [0.05, 0.1) is 10.6 Å². The summed E-state index contributed by atoms with van der Waals surface area (Å²) in [5, 5.41) is 3.56. The van der Waals surface area contributed by atoms with Gasteiger partial charge in [0.1, 0.15) is 0 Å². The Morgan fingerprint density at radius 2 is 1.72 bits per heavy atom. The Hall–Kier alpha value is -2.32. The van der Waals surface area contributed by atoms with Gasteiger partial charge in [0, 0.05) is 21.2 Å². The number of sulfonamides is 1. The van der Waals surface area contributed by atoms with Crippen molar-refractivity contribution in [2.45, 2.75) is 15.5 Å². The van der Waals surface area contributed by atoms with Gasteiger partial charge in [-0.15, -0.1) is 11.8 Å². The van der Waals surface area contributed by atoms with Gasteiger partial charge in [0.2, 0.25) is 10.0 Å². The Balaban J connectivity index is 1.76. The number of carbonyl (C=O) groups is 1. The molecule has 5 nitrogen and oxygen atoms in total. The van der Waals surface area contributed by atoms with Crippen LogP contribution in [0.2, 0.25) is 5.02 Å². The number of rotatable bonds is 7. The lowest BCUT2D eigenvalue weighted by molar-refractivity contribution is 0.102. The van der Waals surface area contributed by atoms with E-state index in [1.54, 1.807) is 23.9 Å². The van der Waals surface area contributed by atoms with Crippen molar-refractivity contribution in [1.29, 1.82) is 0 Å². The molecule has 29 heavy (non-hydrogen) atoms. The fraction of sp³-hybridized carbons (Fsp3) is 0.0952. The molecule has 0 spiro atoms. The number of nitrogens with one attached hydrogen (secondary N) is 2. The van der Waals surface area contributed by atoms with E-state index in [-0.39, 0.29) is 16.4 Å². The summed E-state index contributed by atoms with van der Waals surface area (Å²) in [6.45, 7) is 0. The van der Waals surface area contributed by atoms with Gasteiger partial charge < -0.3 is 5.32 Å². The van der Waals surface area contributed by atoms with E-state index in [0.717, 1.165) is 16.2 Å². The molecular weight excluding hydrogens is 428 g/mol. The molecule has 3 aromatic carbocycles. The number of amides is 1. The summed E-state index contributed by atoms with van der Waals surface area (Å²) < 4.78 is 26.2. The third kappa shape index (κ3) is 5.61. The van der Waals surface area contributed by atoms with Crippen LogP contribution in [0, 0.1) is 0 Å². The highest BCUT2D eigenvalue weighted by atomic mass is 35.5. The standard InChI is InChI=1S/C21H19ClN2O3S2/c1-23-29(26,27)18-6-4-5-16(13-18)21(25)24-19-7-2-3-8-20(19)28-14-15-9-11-17(22)12-10-15/h2-13,23H,14H2,1H3,(H,24,25). The molecule has 3 rings (SSSR count). The number of benzene rings is 3. The van der Waals surface area contributed by atoms with Gasteiger partial charge in [-0.1, -0.05) is 41.9 Å². The van der Waals surface area contributed by atoms with E-state index in [1.165, 1.54) is 19.2 Å². The molecule has 0 saturated carbocycles. The van der Waals surface area contributed by atoms with Crippen LogP contribution in [0.1, 0.15) is 15.9 Å². The summed E-state index contributed by atoms with van der Waals surface area (Å²) >= 11 is 7.51. The first kappa shape index (κ1) is 21.4. The minimum absolute atomic E-state index is 0.0399. The summed E-state index contributed by atoms with van der Waals surface area (Å²) in [6, 6.07) is 21.0. The van der Waals surface area contributed by atoms with Crippen LogP contribution < -0.4 is 10.0 Å². The van der Waals surface area contributed by atoms with Gasteiger partial charge in [-0.2, -0.15) is 0 Å². The topological polar surface area (TPSA) is 75.3 Å². The molecule has 0 heterocycles. The maximum absolute atomic E-state index is 12.7. The highest BCUT2D eigenvalue weighted by Gasteiger charge is 2.15. The maximum atomic E-state index is 12.7. The van der Waals surface area contributed by atoms with E-state index in [0.29, 0.717) is 10.7 Å². The van der Waals surface area contributed by atoms with Crippen molar-refractivity contribution in [2.24, 2.45) is 0 Å². The molecule has 0 saturated heterocycles. The first-order chi connectivity index (χ1) is 13.9. The summed E-state index contributed by atoms with van der Waals surface area (Å²) in [5.74, 6) is 0.345. The highest BCUT2D eigenvalue weighted by molar-refractivity contribution is 7.98. The summed E-state index contributed by atoms with van der Waals surface area (Å²) in [5.41, 5.74) is 2.04. The molecule has 0 bridgehead atoms. The molecule has 0 aliphatic rings. The van der Waals surface area contributed by atoms with Crippen LogP contribution in [-0.4, -0.2) is 21.4 Å². The van der Waals surface area contributed by atoms with Crippen molar-refractivity contribution in [3.05, 3.63) is 88.9 Å². The third-order valence-electron chi connectivity index (χ3n) is 4.12. The van der Waals surface area contributed by atoms with E-state index in [2.05, 4.69) is 10.0 Å². The van der Waals surface area contributed by atoms with Crippen LogP contribution >= 0.6 is 23.4 Å². The number of hydrogen-bond donors (Lipinski definition) is 2. The molecular formula is C21H19ClN2O3S2. The van der Waals surface area contributed by atoms with E-state index < -0.39 is 10.0 Å². The Kier molecular flexibility index (Phi) is 6.97. The molecule has 0 fully saturated rings. The smallest absolute Gasteiger partial charge is 0.255 e. The number of thioether (sulfide) groups is 1. The van der Waals surface area contributed by atoms with Crippen molar-refractivity contribution in [2.75, 3.05) is 12.4 Å². The van der Waals surface area contributed by atoms with Gasteiger partial charge >= 0.3 is 0 Å². The van der Waals surface area contributed by atoms with Crippen molar-refractivity contribution < 1.29 is 13.2 Å². The van der Waals surface area contributed by atoms with Crippen LogP contribution in [0.4, 0.5) is 5.69 Å². The van der Waals surface area contributed by atoms with Gasteiger partial charge in [-0.05, 0) is 55.1 Å². The maximum Gasteiger partial charge on any atom is 0.255 e. The number of hydrogen-bond acceptors (Lipinski definition) is 4. The second-order valence-corrected chi connectivity index (χ2v) is 9.44. The zero-order valence-electron chi connectivity index (χ0n) is 15.6. The average Bonchev–Trinajstić information content (AvgIpc) is 2.74. The molecule has 3 aromatic rings. The lowest BCUT2D eigenvalue weighted by atomic mass is 10.2. The van der Waals surface area contributed by atoms with Gasteiger partial charge in [0.15, 0.2) is 0 Å². The molecule has 0 aliphatic heterocycles. The summed E-state index contributed by atoms with van der Waals surface area (Å²) in [4.78, 5) is 13.6. The normalized spacial score (nSPS) is 11.2. The van der Waals surface area contributed by atoms with Crippen LogP contribution in [-0.2, 0) is 15.8 Å². The predicted molar refractivity (Wildman–Crippen MR) is 118 cm³/mol. The van der Waals surface area contributed by atoms with Crippen molar-refractivity contribution in [1.82, 2.24) is 4.72 Å². The molecule has 0 radical (unpaired) electrons. The molecule has 150 valence electrons. The summed E-state index contributed by atoms with van der Waals surface area (Å²) in [6.07, 6.45) is 0. The Labute approximate surface area is 179 Å². The molecule has 1 amide bonds. The lowest BCUT2D eigenvalue weighted by Gasteiger charge is -2.11. The highest BCUT2D eigenvalue weighted by Crippen LogP contribution is 2.30. The molecule has 0 atom stereocenters. The van der Waals surface area contributed by atoms with Gasteiger partial charge in [-0.3, -0.25) is 4.79 Å². The summed E-state index contributed by atoms with van der Waals surface area (Å²) in [7, 11) is -2.29. The number of carbonyl (C=O) groups excluding carboxylic acids is 1. The fourth-order valence-corrected chi connectivity index (χ4v) is 4.42. The zero-order valence-corrected chi connectivity index (χ0v) is 17.9. The van der Waals surface area contributed by atoms with Gasteiger partial charge in [-0.25, -0.2) is 13.1 Å². The predicted octanol–water partition coefficient (Wildman–Crippen LogP) is 4.79. The Morgan fingerprint density at radius 1 is 1.00 bits per heavy atom. The third-order valence-corrected chi connectivity index (χ3v) is 6.93. The largest absolute Gasteiger partial charge is 0.321 e. The quantitative estimate of drug-likeness (QED) is 0.511.